The Labute approximate surface area is 530 Å². The summed E-state index contributed by atoms with van der Waals surface area (Å²) in [6.45, 7) is 7.16. The molecular formula is C68H132O17P2. The number of carbonyl (C=O) groups is 4. The van der Waals surface area contributed by atoms with Crippen LogP contribution in [0.2, 0.25) is 0 Å². The van der Waals surface area contributed by atoms with E-state index in [-0.39, 0.29) is 25.7 Å². The van der Waals surface area contributed by atoms with Gasteiger partial charge < -0.3 is 33.8 Å². The van der Waals surface area contributed by atoms with Crippen LogP contribution in [0.15, 0.2) is 0 Å². The van der Waals surface area contributed by atoms with Crippen LogP contribution in [0.3, 0.4) is 0 Å². The lowest BCUT2D eigenvalue weighted by Crippen LogP contribution is -2.30. The van der Waals surface area contributed by atoms with Gasteiger partial charge in [0.25, 0.3) is 0 Å². The fourth-order valence-electron chi connectivity index (χ4n) is 10.3. The second-order valence-corrected chi connectivity index (χ2v) is 27.9. The normalized spacial score (nSPS) is 14.1. The average molecular weight is 1280 g/mol. The summed E-state index contributed by atoms with van der Waals surface area (Å²) in [6, 6.07) is 0. The number of phosphoric ester groups is 2. The lowest BCUT2D eigenvalue weighted by Gasteiger charge is -2.21. The minimum atomic E-state index is -4.95. The molecule has 0 heterocycles. The molecule has 0 spiro atoms. The zero-order valence-electron chi connectivity index (χ0n) is 56.2. The fourth-order valence-corrected chi connectivity index (χ4v) is 11.9. The Hall–Kier alpha value is -1.94. The second-order valence-electron chi connectivity index (χ2n) is 25.0. The van der Waals surface area contributed by atoms with E-state index in [0.29, 0.717) is 25.7 Å². The van der Waals surface area contributed by atoms with Gasteiger partial charge >= 0.3 is 39.5 Å². The largest absolute Gasteiger partial charge is 0.472 e. The summed E-state index contributed by atoms with van der Waals surface area (Å²) in [5.41, 5.74) is 0. The molecule has 19 heteroatoms. The van der Waals surface area contributed by atoms with Gasteiger partial charge in [-0.15, -0.1) is 0 Å². The molecule has 0 aromatic rings. The van der Waals surface area contributed by atoms with E-state index in [1.807, 2.05) is 0 Å². The quantitative estimate of drug-likeness (QED) is 0.0222. The Morgan fingerprint density at radius 1 is 0.310 bits per heavy atom. The van der Waals surface area contributed by atoms with Crippen molar-refractivity contribution in [2.45, 2.75) is 368 Å². The summed E-state index contributed by atoms with van der Waals surface area (Å²) in [7, 11) is -9.88. The molecule has 0 aliphatic rings. The summed E-state index contributed by atoms with van der Waals surface area (Å²) >= 11 is 0. The maximum absolute atomic E-state index is 13.0. The predicted molar refractivity (Wildman–Crippen MR) is 349 cm³/mol. The number of aliphatic hydroxyl groups excluding tert-OH is 1. The van der Waals surface area contributed by atoms with Crippen LogP contribution in [-0.2, 0) is 65.4 Å². The predicted octanol–water partition coefficient (Wildman–Crippen LogP) is 19.4. The molecule has 516 valence electrons. The van der Waals surface area contributed by atoms with Gasteiger partial charge in [0.05, 0.1) is 26.4 Å². The Kier molecular flexibility index (Phi) is 60.2. The van der Waals surface area contributed by atoms with E-state index >= 15 is 0 Å². The number of hydrogen-bond donors (Lipinski definition) is 3. The zero-order chi connectivity index (χ0) is 64.2. The van der Waals surface area contributed by atoms with E-state index in [2.05, 4.69) is 34.6 Å². The number of unbranched alkanes of at least 4 members (excludes halogenated alkanes) is 40. The highest BCUT2D eigenvalue weighted by Gasteiger charge is 2.30. The lowest BCUT2D eigenvalue weighted by atomic mass is 10.0. The van der Waals surface area contributed by atoms with Crippen LogP contribution in [0.1, 0.15) is 349 Å². The first-order valence-electron chi connectivity index (χ1n) is 35.6. The molecule has 0 saturated carbocycles. The maximum Gasteiger partial charge on any atom is 0.472 e. The molecule has 87 heavy (non-hydrogen) atoms. The van der Waals surface area contributed by atoms with E-state index in [1.165, 1.54) is 167 Å². The third-order valence-corrected chi connectivity index (χ3v) is 17.7. The molecular weight excluding hydrogens is 1150 g/mol. The van der Waals surface area contributed by atoms with Gasteiger partial charge in [-0.25, -0.2) is 9.13 Å². The molecule has 0 bridgehead atoms. The van der Waals surface area contributed by atoms with E-state index < -0.39 is 97.5 Å². The van der Waals surface area contributed by atoms with Crippen LogP contribution < -0.4 is 0 Å². The van der Waals surface area contributed by atoms with Crippen molar-refractivity contribution < 1.29 is 80.2 Å². The smallest absolute Gasteiger partial charge is 0.462 e. The van der Waals surface area contributed by atoms with Crippen LogP contribution in [0, 0.1) is 5.92 Å². The molecule has 0 aromatic carbocycles. The third kappa shape index (κ3) is 62.6. The first kappa shape index (κ1) is 85.1. The van der Waals surface area contributed by atoms with Crippen molar-refractivity contribution in [3.05, 3.63) is 0 Å². The topological polar surface area (TPSA) is 237 Å². The van der Waals surface area contributed by atoms with Gasteiger partial charge in [-0.3, -0.25) is 37.3 Å². The number of hydrogen-bond acceptors (Lipinski definition) is 15. The molecule has 5 atom stereocenters. The molecule has 2 unspecified atom stereocenters. The number of aliphatic hydroxyl groups is 1. The molecule has 3 N–H and O–H groups in total. The summed E-state index contributed by atoms with van der Waals surface area (Å²) < 4.78 is 68.0. The van der Waals surface area contributed by atoms with E-state index in [9.17, 15) is 43.2 Å². The number of esters is 4. The first-order chi connectivity index (χ1) is 42.0. The molecule has 0 rings (SSSR count). The van der Waals surface area contributed by atoms with Gasteiger partial charge in [0, 0.05) is 25.7 Å². The standard InChI is InChI=1S/C68H132O17P2/c1-6-9-12-15-17-19-21-22-23-24-25-31-35-39-44-49-54-68(73)85-64(58-79-66(71)52-47-42-37-33-30-27-26-29-32-36-41-45-50-61(4)5)60-83-87(76,77)81-56-62(69)55-80-86(74,75)82-59-63(57-78-65(70)51-46-40-14-11-8-3)84-67(72)53-48-43-38-34-28-20-18-16-13-10-7-2/h61-64,69H,6-60H2,1-5H3,(H,74,75)(H,76,77)/t62-,63+,64+/m0/s1. The summed E-state index contributed by atoms with van der Waals surface area (Å²) in [6.07, 6.45) is 47.5. The number of rotatable bonds is 68. The molecule has 0 fully saturated rings. The van der Waals surface area contributed by atoms with Crippen molar-refractivity contribution in [3.63, 3.8) is 0 Å². The molecule has 0 aromatic heterocycles. The van der Waals surface area contributed by atoms with E-state index in [1.54, 1.807) is 0 Å². The Morgan fingerprint density at radius 3 is 0.782 bits per heavy atom. The van der Waals surface area contributed by atoms with E-state index in [0.717, 1.165) is 102 Å². The number of carbonyl (C=O) groups excluding carboxylic acids is 4. The van der Waals surface area contributed by atoms with Gasteiger partial charge in [0.15, 0.2) is 12.2 Å². The van der Waals surface area contributed by atoms with Crippen molar-refractivity contribution in [2.75, 3.05) is 39.6 Å². The van der Waals surface area contributed by atoms with Crippen molar-refractivity contribution >= 4 is 39.5 Å². The van der Waals surface area contributed by atoms with Crippen LogP contribution in [-0.4, -0.2) is 96.7 Å². The first-order valence-corrected chi connectivity index (χ1v) is 38.6. The third-order valence-electron chi connectivity index (χ3n) is 15.8. The highest BCUT2D eigenvalue weighted by atomic mass is 31.2. The van der Waals surface area contributed by atoms with Crippen molar-refractivity contribution in [2.24, 2.45) is 5.92 Å². The Balaban J connectivity index is 5.16. The summed E-state index contributed by atoms with van der Waals surface area (Å²) in [4.78, 5) is 72.2. The fraction of sp³-hybridized carbons (Fsp3) is 0.941. The molecule has 0 radical (unpaired) electrons. The highest BCUT2D eigenvalue weighted by molar-refractivity contribution is 7.47. The SMILES string of the molecule is CCCCCCCCCCCCCCCCCCC(=O)O[C@H](COC(=O)CCCCCCCCCCCCCCC(C)C)COP(=O)(O)OC[C@@H](O)COP(=O)(O)OC[C@@H](COC(=O)CCCCCCC)OC(=O)CCCCCCCCCCCCC. The molecule has 0 aliphatic carbocycles. The van der Waals surface area contributed by atoms with Crippen LogP contribution in [0.4, 0.5) is 0 Å². The van der Waals surface area contributed by atoms with Crippen molar-refractivity contribution in [1.82, 2.24) is 0 Å². The molecule has 0 saturated heterocycles. The van der Waals surface area contributed by atoms with Crippen molar-refractivity contribution in [1.29, 1.82) is 0 Å². The molecule has 0 amide bonds. The van der Waals surface area contributed by atoms with Gasteiger partial charge in [-0.1, -0.05) is 298 Å². The molecule has 0 aliphatic heterocycles. The van der Waals surface area contributed by atoms with Gasteiger partial charge in [0.1, 0.15) is 19.3 Å². The monoisotopic (exact) mass is 1280 g/mol. The van der Waals surface area contributed by atoms with Crippen LogP contribution >= 0.6 is 15.6 Å². The number of phosphoric acid groups is 2. The highest BCUT2D eigenvalue weighted by Crippen LogP contribution is 2.45. The van der Waals surface area contributed by atoms with Crippen LogP contribution in [0.5, 0.6) is 0 Å². The summed E-state index contributed by atoms with van der Waals surface area (Å²) in [5, 5.41) is 10.5. The van der Waals surface area contributed by atoms with Gasteiger partial charge in [0.2, 0.25) is 0 Å². The minimum Gasteiger partial charge on any atom is -0.462 e. The molecule has 17 nitrogen and oxygen atoms in total. The number of ether oxygens (including phenoxy) is 4. The van der Waals surface area contributed by atoms with Gasteiger partial charge in [-0.05, 0) is 31.6 Å². The van der Waals surface area contributed by atoms with Gasteiger partial charge in [-0.2, -0.15) is 0 Å². The minimum absolute atomic E-state index is 0.106. The second kappa shape index (κ2) is 61.6. The van der Waals surface area contributed by atoms with Crippen LogP contribution in [0.25, 0.3) is 0 Å². The summed E-state index contributed by atoms with van der Waals surface area (Å²) in [5.74, 6) is -1.35. The Bertz CT molecular complexity index is 1690. The lowest BCUT2D eigenvalue weighted by molar-refractivity contribution is -0.161. The van der Waals surface area contributed by atoms with E-state index in [4.69, 9.17) is 37.0 Å². The maximum atomic E-state index is 13.0. The Morgan fingerprint density at radius 2 is 0.529 bits per heavy atom. The average Bonchev–Trinajstić information content (AvgIpc) is 3.70. The zero-order valence-corrected chi connectivity index (χ0v) is 57.9. The van der Waals surface area contributed by atoms with Crippen molar-refractivity contribution in [3.8, 4) is 0 Å².